The van der Waals surface area contributed by atoms with Gasteiger partial charge in [-0.15, -0.1) is 0 Å². The molecule has 6 nitrogen and oxygen atoms in total. The van der Waals surface area contributed by atoms with Crippen LogP contribution in [0.25, 0.3) is 5.69 Å². The summed E-state index contributed by atoms with van der Waals surface area (Å²) in [5.41, 5.74) is 3.31. The average molecular weight is 338 g/mol. The lowest BCUT2D eigenvalue weighted by molar-refractivity contribution is 0.392. The summed E-state index contributed by atoms with van der Waals surface area (Å²) in [6, 6.07) is 14.4. The number of benzene rings is 2. The Morgan fingerprint density at radius 1 is 1.04 bits per heavy atom. The van der Waals surface area contributed by atoms with Crippen LogP contribution in [0.2, 0.25) is 0 Å². The maximum absolute atomic E-state index is 5.32. The monoisotopic (exact) mass is 338 g/mol. The molecule has 0 aliphatic carbocycles. The molecule has 0 amide bonds. The van der Waals surface area contributed by atoms with E-state index in [1.807, 2.05) is 30.3 Å². The van der Waals surface area contributed by atoms with E-state index in [1.54, 1.807) is 25.2 Å². The molecule has 0 fully saturated rings. The highest BCUT2D eigenvalue weighted by molar-refractivity contribution is 5.38. The molecule has 2 aromatic carbocycles. The molecule has 3 aromatic rings. The Morgan fingerprint density at radius 3 is 2.28 bits per heavy atom. The molecule has 130 valence electrons. The summed E-state index contributed by atoms with van der Waals surface area (Å²) in [7, 11) is 3.32. The Labute approximate surface area is 147 Å². The van der Waals surface area contributed by atoms with E-state index in [9.17, 15) is 0 Å². The van der Waals surface area contributed by atoms with Gasteiger partial charge >= 0.3 is 0 Å². The average Bonchev–Trinajstić information content (AvgIpc) is 3.20. The fraction of sp³-hybridized carbons (Fsp3) is 0.263. The van der Waals surface area contributed by atoms with E-state index in [1.165, 1.54) is 11.9 Å². The minimum atomic E-state index is 0.210. The van der Waals surface area contributed by atoms with Gasteiger partial charge in [0.25, 0.3) is 0 Å². The van der Waals surface area contributed by atoms with Gasteiger partial charge in [-0.3, -0.25) is 0 Å². The molecule has 0 aliphatic heterocycles. The van der Waals surface area contributed by atoms with Crippen molar-refractivity contribution in [3.05, 3.63) is 66.2 Å². The zero-order valence-electron chi connectivity index (χ0n) is 14.6. The molecular formula is C19H22N4O2. The van der Waals surface area contributed by atoms with Crippen molar-refractivity contribution in [1.29, 1.82) is 0 Å². The van der Waals surface area contributed by atoms with E-state index < -0.39 is 0 Å². The molecule has 6 heteroatoms. The van der Waals surface area contributed by atoms with Crippen LogP contribution in [0.3, 0.4) is 0 Å². The smallest absolute Gasteiger partial charge is 0.138 e. The molecule has 0 saturated carbocycles. The van der Waals surface area contributed by atoms with Crippen molar-refractivity contribution in [1.82, 2.24) is 20.1 Å². The molecule has 0 unspecified atom stereocenters. The highest BCUT2D eigenvalue weighted by Crippen LogP contribution is 2.23. The van der Waals surface area contributed by atoms with Crippen molar-refractivity contribution in [2.24, 2.45) is 0 Å². The van der Waals surface area contributed by atoms with Crippen molar-refractivity contribution in [3.8, 4) is 17.2 Å². The van der Waals surface area contributed by atoms with Gasteiger partial charge in [0.15, 0.2) is 0 Å². The number of nitrogens with one attached hydrogen (secondary N) is 1. The number of rotatable bonds is 7. The third-order valence-corrected chi connectivity index (χ3v) is 4.10. The number of hydrogen-bond acceptors (Lipinski definition) is 5. The fourth-order valence-electron chi connectivity index (χ4n) is 2.61. The molecule has 0 radical (unpaired) electrons. The molecule has 0 spiro atoms. The predicted octanol–water partition coefficient (Wildman–Crippen LogP) is 3.14. The van der Waals surface area contributed by atoms with Gasteiger partial charge in [0.2, 0.25) is 0 Å². The van der Waals surface area contributed by atoms with E-state index in [2.05, 4.69) is 34.5 Å². The number of nitrogens with zero attached hydrogens (tertiary/aromatic N) is 3. The Balaban J connectivity index is 1.65. The number of hydrogen-bond donors (Lipinski definition) is 1. The fourth-order valence-corrected chi connectivity index (χ4v) is 2.61. The summed E-state index contributed by atoms with van der Waals surface area (Å²) >= 11 is 0. The zero-order chi connectivity index (χ0) is 17.6. The van der Waals surface area contributed by atoms with Gasteiger partial charge in [-0.2, -0.15) is 5.10 Å². The topological polar surface area (TPSA) is 61.2 Å². The van der Waals surface area contributed by atoms with Crippen molar-refractivity contribution >= 4 is 0 Å². The lowest BCUT2D eigenvalue weighted by Gasteiger charge is -2.16. The summed E-state index contributed by atoms with van der Waals surface area (Å²) in [5.74, 6) is 1.59. The van der Waals surface area contributed by atoms with Crippen LogP contribution >= 0.6 is 0 Å². The van der Waals surface area contributed by atoms with Crippen LogP contribution in [0.4, 0.5) is 0 Å². The Kier molecular flexibility index (Phi) is 5.30. The van der Waals surface area contributed by atoms with Gasteiger partial charge in [-0.1, -0.05) is 12.1 Å². The van der Waals surface area contributed by atoms with Gasteiger partial charge in [-0.25, -0.2) is 9.67 Å². The summed E-state index contributed by atoms with van der Waals surface area (Å²) in [6.07, 6.45) is 3.22. The van der Waals surface area contributed by atoms with Gasteiger partial charge in [0.1, 0.15) is 24.2 Å². The summed E-state index contributed by atoms with van der Waals surface area (Å²) in [4.78, 5) is 3.97. The SMILES string of the molecule is COc1cc(CN[C@H](C)c2ccc(-n3cncn3)cc2)cc(OC)c1. The van der Waals surface area contributed by atoms with E-state index in [-0.39, 0.29) is 6.04 Å². The Morgan fingerprint density at radius 2 is 1.72 bits per heavy atom. The molecule has 3 rings (SSSR count). The standard InChI is InChI=1S/C19H22N4O2/c1-14(16-4-6-17(7-5-16)23-13-20-12-22-23)21-11-15-8-18(24-2)10-19(9-15)25-3/h4-10,12-14,21H,11H2,1-3H3/t14-/m1/s1. The second-order valence-corrected chi connectivity index (χ2v) is 5.76. The highest BCUT2D eigenvalue weighted by Gasteiger charge is 2.07. The summed E-state index contributed by atoms with van der Waals surface area (Å²) in [6.45, 7) is 2.86. The van der Waals surface area contributed by atoms with Crippen LogP contribution in [-0.4, -0.2) is 29.0 Å². The molecule has 0 saturated heterocycles. The molecule has 0 bridgehead atoms. The van der Waals surface area contributed by atoms with Gasteiger partial charge in [0, 0.05) is 18.7 Å². The third kappa shape index (κ3) is 4.16. The molecule has 0 aliphatic rings. The largest absolute Gasteiger partial charge is 0.497 e. The zero-order valence-corrected chi connectivity index (χ0v) is 14.6. The molecule has 1 N–H and O–H groups in total. The maximum Gasteiger partial charge on any atom is 0.138 e. The lowest BCUT2D eigenvalue weighted by Crippen LogP contribution is -2.18. The first-order valence-corrected chi connectivity index (χ1v) is 8.10. The second kappa shape index (κ2) is 7.81. The summed E-state index contributed by atoms with van der Waals surface area (Å²) in [5, 5.41) is 7.66. The maximum atomic E-state index is 5.32. The second-order valence-electron chi connectivity index (χ2n) is 5.76. The van der Waals surface area contributed by atoms with E-state index in [0.29, 0.717) is 0 Å². The van der Waals surface area contributed by atoms with Gasteiger partial charge < -0.3 is 14.8 Å². The number of aromatic nitrogens is 3. The first-order chi connectivity index (χ1) is 12.2. The quantitative estimate of drug-likeness (QED) is 0.717. The van der Waals surface area contributed by atoms with Crippen LogP contribution in [-0.2, 0) is 6.54 Å². The minimum absolute atomic E-state index is 0.210. The molecule has 1 heterocycles. The minimum Gasteiger partial charge on any atom is -0.497 e. The van der Waals surface area contributed by atoms with E-state index >= 15 is 0 Å². The van der Waals surface area contributed by atoms with Gasteiger partial charge in [-0.05, 0) is 42.3 Å². The van der Waals surface area contributed by atoms with Crippen LogP contribution < -0.4 is 14.8 Å². The van der Waals surface area contributed by atoms with E-state index in [4.69, 9.17) is 9.47 Å². The van der Waals surface area contributed by atoms with Crippen molar-refractivity contribution in [3.63, 3.8) is 0 Å². The van der Waals surface area contributed by atoms with Crippen LogP contribution in [0, 0.1) is 0 Å². The van der Waals surface area contributed by atoms with Crippen molar-refractivity contribution in [2.75, 3.05) is 14.2 Å². The van der Waals surface area contributed by atoms with Gasteiger partial charge in [0.05, 0.1) is 19.9 Å². The van der Waals surface area contributed by atoms with Crippen LogP contribution in [0.5, 0.6) is 11.5 Å². The lowest BCUT2D eigenvalue weighted by atomic mass is 10.1. The van der Waals surface area contributed by atoms with Crippen LogP contribution in [0.1, 0.15) is 24.1 Å². The van der Waals surface area contributed by atoms with E-state index in [0.717, 1.165) is 29.3 Å². The van der Waals surface area contributed by atoms with Crippen molar-refractivity contribution < 1.29 is 9.47 Å². The predicted molar refractivity (Wildman–Crippen MR) is 96.2 cm³/mol. The first kappa shape index (κ1) is 17.0. The van der Waals surface area contributed by atoms with Crippen molar-refractivity contribution in [2.45, 2.75) is 19.5 Å². The highest BCUT2D eigenvalue weighted by atomic mass is 16.5. The normalized spacial score (nSPS) is 12.0. The molecular weight excluding hydrogens is 316 g/mol. The number of methoxy groups -OCH3 is 2. The summed E-state index contributed by atoms with van der Waals surface area (Å²) < 4.78 is 12.4. The Hall–Kier alpha value is -2.86. The third-order valence-electron chi connectivity index (χ3n) is 4.10. The molecule has 1 aromatic heterocycles. The Bertz CT molecular complexity index is 779. The van der Waals surface area contributed by atoms with Crippen LogP contribution in [0.15, 0.2) is 55.1 Å². The molecule has 25 heavy (non-hydrogen) atoms. The molecule has 1 atom stereocenters. The first-order valence-electron chi connectivity index (χ1n) is 8.10. The number of ether oxygens (including phenoxy) is 2.